The van der Waals surface area contributed by atoms with Gasteiger partial charge in [-0.25, -0.2) is 0 Å². The van der Waals surface area contributed by atoms with E-state index in [1.807, 2.05) is 30.3 Å². The average Bonchev–Trinajstić information content (AvgIpc) is 2.86. The number of ketones is 2. The first-order valence-corrected chi connectivity index (χ1v) is 12.1. The number of hydrogen-bond donors (Lipinski definition) is 6. The molecule has 198 valence electrons. The van der Waals surface area contributed by atoms with Gasteiger partial charge in [0, 0.05) is 11.5 Å². The van der Waals surface area contributed by atoms with Gasteiger partial charge in [-0.15, -0.1) is 0 Å². The van der Waals surface area contributed by atoms with E-state index in [-0.39, 0.29) is 17.7 Å². The number of primary amides is 1. The van der Waals surface area contributed by atoms with E-state index in [1.165, 1.54) is 25.1 Å². The molecule has 0 radical (unpaired) electrons. The van der Waals surface area contributed by atoms with E-state index >= 15 is 0 Å². The van der Waals surface area contributed by atoms with Crippen LogP contribution in [-0.4, -0.2) is 79.7 Å². The lowest BCUT2D eigenvalue weighted by molar-refractivity contribution is -0.169. The SMILES string of the molecule is CN(C)[C@@H]1C(=O)C(C(N)=O)=C(O)[C@@]2(O)C(=O)C3=C(O)c4c(O)cccc4C(Cc4ccccc4)[C@H]3[C@H](O)[C@@H]12. The molecule has 2 aromatic carbocycles. The van der Waals surface area contributed by atoms with Crippen LogP contribution in [0.2, 0.25) is 0 Å². The lowest BCUT2D eigenvalue weighted by Gasteiger charge is -2.54. The number of benzene rings is 2. The molecule has 38 heavy (non-hydrogen) atoms. The van der Waals surface area contributed by atoms with Crippen molar-refractivity contribution in [2.24, 2.45) is 17.6 Å². The largest absolute Gasteiger partial charge is 0.508 e. The third-order valence-electron chi connectivity index (χ3n) is 8.10. The minimum absolute atomic E-state index is 0.0306. The van der Waals surface area contributed by atoms with Crippen LogP contribution >= 0.6 is 0 Å². The number of nitrogens with zero attached hydrogens (tertiary/aromatic N) is 1. The van der Waals surface area contributed by atoms with Crippen LogP contribution in [0.15, 0.2) is 65.4 Å². The minimum atomic E-state index is -2.94. The van der Waals surface area contributed by atoms with Gasteiger partial charge in [0.2, 0.25) is 5.78 Å². The number of likely N-dealkylation sites (N-methyl/N-ethyl adjacent to an activating group) is 1. The van der Waals surface area contributed by atoms with Crippen LogP contribution in [-0.2, 0) is 20.8 Å². The van der Waals surface area contributed by atoms with Crippen molar-refractivity contribution in [1.29, 1.82) is 0 Å². The Balaban J connectivity index is 1.81. The van der Waals surface area contributed by atoms with Crippen LogP contribution in [0.25, 0.3) is 5.76 Å². The van der Waals surface area contributed by atoms with Crippen LogP contribution in [0, 0.1) is 11.8 Å². The van der Waals surface area contributed by atoms with Gasteiger partial charge in [0.05, 0.1) is 23.6 Å². The number of hydrogen-bond acceptors (Lipinski definition) is 9. The molecule has 10 nitrogen and oxygen atoms in total. The number of fused-ring (bicyclic) bond motifs is 3. The van der Waals surface area contributed by atoms with Gasteiger partial charge in [0.1, 0.15) is 22.8 Å². The lowest BCUT2D eigenvalue weighted by atomic mass is 9.53. The Kier molecular flexibility index (Phi) is 5.94. The number of Topliss-reactive ketones (excluding diaryl/α,β-unsaturated/α-hetero) is 2. The first-order valence-electron chi connectivity index (χ1n) is 12.1. The number of aliphatic hydroxyl groups excluding tert-OH is 3. The molecule has 2 aromatic rings. The molecule has 0 saturated heterocycles. The molecule has 6 atom stereocenters. The quantitative estimate of drug-likeness (QED) is 0.316. The monoisotopic (exact) mass is 520 g/mol. The molecule has 0 heterocycles. The number of nitrogens with two attached hydrogens (primary N) is 1. The Morgan fingerprint density at radius 2 is 1.68 bits per heavy atom. The van der Waals surface area contributed by atoms with Crippen LogP contribution in [0.5, 0.6) is 5.75 Å². The molecule has 0 bridgehead atoms. The molecule has 5 rings (SSSR count). The van der Waals surface area contributed by atoms with E-state index in [1.54, 1.807) is 12.1 Å². The summed E-state index contributed by atoms with van der Waals surface area (Å²) in [7, 11) is 2.94. The molecule has 0 spiro atoms. The van der Waals surface area contributed by atoms with Gasteiger partial charge in [0.25, 0.3) is 5.91 Å². The van der Waals surface area contributed by atoms with E-state index in [0.29, 0.717) is 5.56 Å². The molecule has 1 unspecified atom stereocenters. The van der Waals surface area contributed by atoms with Gasteiger partial charge < -0.3 is 31.3 Å². The Morgan fingerprint density at radius 3 is 2.29 bits per heavy atom. The van der Waals surface area contributed by atoms with Gasteiger partial charge in [0.15, 0.2) is 11.4 Å². The van der Waals surface area contributed by atoms with Gasteiger partial charge in [-0.05, 0) is 43.6 Å². The zero-order chi connectivity index (χ0) is 27.7. The highest BCUT2D eigenvalue weighted by atomic mass is 16.4. The van der Waals surface area contributed by atoms with Crippen molar-refractivity contribution in [3.05, 3.63) is 82.1 Å². The Labute approximate surface area is 217 Å². The zero-order valence-corrected chi connectivity index (χ0v) is 20.7. The number of carbonyl (C=O) groups excluding carboxylic acids is 3. The number of amides is 1. The van der Waals surface area contributed by atoms with E-state index in [9.17, 15) is 39.9 Å². The number of phenols is 1. The molecule has 0 aromatic heterocycles. The summed E-state index contributed by atoms with van der Waals surface area (Å²) >= 11 is 0. The average molecular weight is 521 g/mol. The summed E-state index contributed by atoms with van der Waals surface area (Å²) in [6, 6.07) is 12.4. The normalized spacial score (nSPS) is 30.7. The van der Waals surface area contributed by atoms with E-state index in [0.717, 1.165) is 5.56 Å². The van der Waals surface area contributed by atoms with Crippen molar-refractivity contribution < 1.29 is 39.9 Å². The number of rotatable bonds is 4. The van der Waals surface area contributed by atoms with Gasteiger partial charge in [-0.2, -0.15) is 0 Å². The van der Waals surface area contributed by atoms with E-state index < -0.39 is 75.6 Å². The molecule has 1 amide bonds. The van der Waals surface area contributed by atoms with Crippen LogP contribution in [0.4, 0.5) is 0 Å². The van der Waals surface area contributed by atoms with Crippen molar-refractivity contribution >= 4 is 23.2 Å². The Hall–Kier alpha value is -3.99. The maximum absolute atomic E-state index is 14.1. The fraction of sp³-hybridized carbons (Fsp3) is 0.321. The van der Waals surface area contributed by atoms with Crippen LogP contribution < -0.4 is 5.73 Å². The topological polar surface area (TPSA) is 182 Å². The summed E-state index contributed by atoms with van der Waals surface area (Å²) in [6.07, 6.45) is -1.37. The molecular formula is C28H28N2O8. The van der Waals surface area contributed by atoms with Crippen LogP contribution in [0.1, 0.15) is 22.6 Å². The van der Waals surface area contributed by atoms with Gasteiger partial charge >= 0.3 is 0 Å². The summed E-state index contributed by atoms with van der Waals surface area (Å²) in [6.45, 7) is 0. The molecule has 0 aliphatic heterocycles. The minimum Gasteiger partial charge on any atom is -0.508 e. The summed E-state index contributed by atoms with van der Waals surface area (Å²) in [5.74, 6) is -9.09. The summed E-state index contributed by atoms with van der Waals surface area (Å²) < 4.78 is 0. The molecule has 1 fully saturated rings. The van der Waals surface area contributed by atoms with Crippen molar-refractivity contribution in [3.63, 3.8) is 0 Å². The van der Waals surface area contributed by atoms with Crippen molar-refractivity contribution in [1.82, 2.24) is 4.90 Å². The first kappa shape index (κ1) is 25.7. The highest BCUT2D eigenvalue weighted by Gasteiger charge is 2.68. The first-order chi connectivity index (χ1) is 17.9. The molecule has 3 aliphatic rings. The molecular weight excluding hydrogens is 492 g/mol. The highest BCUT2D eigenvalue weighted by molar-refractivity contribution is 6.24. The summed E-state index contributed by atoms with van der Waals surface area (Å²) in [4.78, 5) is 40.9. The second kappa shape index (κ2) is 8.80. The maximum Gasteiger partial charge on any atom is 0.255 e. The van der Waals surface area contributed by atoms with Gasteiger partial charge in [-0.1, -0.05) is 42.5 Å². The fourth-order valence-corrected chi connectivity index (χ4v) is 6.50. The maximum atomic E-state index is 14.1. The zero-order valence-electron chi connectivity index (χ0n) is 20.7. The van der Waals surface area contributed by atoms with Crippen molar-refractivity contribution in [2.45, 2.75) is 30.1 Å². The predicted octanol–water partition coefficient (Wildman–Crippen LogP) is 0.719. The van der Waals surface area contributed by atoms with Crippen LogP contribution in [0.3, 0.4) is 0 Å². The van der Waals surface area contributed by atoms with E-state index in [2.05, 4.69) is 0 Å². The van der Waals surface area contributed by atoms with E-state index in [4.69, 9.17) is 5.73 Å². The molecule has 7 N–H and O–H groups in total. The second-order valence-corrected chi connectivity index (χ2v) is 10.3. The second-order valence-electron chi connectivity index (χ2n) is 10.3. The smallest absolute Gasteiger partial charge is 0.255 e. The molecule has 3 aliphatic carbocycles. The molecule has 10 heteroatoms. The van der Waals surface area contributed by atoms with Crippen molar-refractivity contribution in [3.8, 4) is 5.75 Å². The lowest BCUT2D eigenvalue weighted by Crippen LogP contribution is -2.70. The number of phenolic OH excluding ortho intramolecular Hbond substituents is 1. The third-order valence-corrected chi connectivity index (χ3v) is 8.10. The highest BCUT2D eigenvalue weighted by Crippen LogP contribution is 2.56. The number of aliphatic hydroxyl groups is 4. The van der Waals surface area contributed by atoms with Gasteiger partial charge in [-0.3, -0.25) is 19.3 Å². The Morgan fingerprint density at radius 1 is 1.03 bits per heavy atom. The van der Waals surface area contributed by atoms with Crippen molar-refractivity contribution in [2.75, 3.05) is 14.1 Å². The fourth-order valence-electron chi connectivity index (χ4n) is 6.50. The number of carbonyl (C=O) groups is 3. The molecule has 1 saturated carbocycles. The predicted molar refractivity (Wildman–Crippen MR) is 135 cm³/mol. The third kappa shape index (κ3) is 3.34. The standard InChI is InChI=1S/C28H28N2O8/c1-30(2)21-20-23(33)17-14(11-12-7-4-3-5-8-12)13-9-6-10-15(31)16(13)22(32)18(17)25(35)28(20,38)26(36)19(24(21)34)27(29)37/h3-10,14,17,20-21,23,31-33,36,38H,11H2,1-2H3,(H2,29,37)/t14?,17-,20-,21+,23+,28+/m1/s1. The Bertz CT molecular complexity index is 1430. The number of aromatic hydroxyl groups is 1. The summed E-state index contributed by atoms with van der Waals surface area (Å²) in [5, 5.41) is 56.6. The summed E-state index contributed by atoms with van der Waals surface area (Å²) in [5.41, 5.74) is 2.34.